The number of aromatic nitrogens is 2. The summed E-state index contributed by atoms with van der Waals surface area (Å²) in [4.78, 5) is 23.1. The fourth-order valence-electron chi connectivity index (χ4n) is 1.26. The summed E-state index contributed by atoms with van der Waals surface area (Å²) in [5, 5.41) is 2.17. The molecule has 0 aromatic carbocycles. The van der Waals surface area contributed by atoms with Gasteiger partial charge in [0.2, 0.25) is 5.13 Å². The second-order valence-corrected chi connectivity index (χ2v) is 4.16. The van der Waals surface area contributed by atoms with E-state index in [2.05, 4.69) is 15.0 Å². The fourth-order valence-corrected chi connectivity index (χ4v) is 1.96. The lowest BCUT2D eigenvalue weighted by molar-refractivity contribution is 0.0995. The predicted octanol–water partition coefficient (Wildman–Crippen LogP) is 0.631. The van der Waals surface area contributed by atoms with Crippen LogP contribution in [0.15, 0.2) is 28.6 Å². The van der Waals surface area contributed by atoms with Crippen LogP contribution in [0.25, 0.3) is 11.4 Å². The van der Waals surface area contributed by atoms with Gasteiger partial charge in [0, 0.05) is 5.38 Å². The van der Waals surface area contributed by atoms with Gasteiger partial charge in [-0.05, 0) is 12.1 Å². The molecule has 2 aromatic rings. The van der Waals surface area contributed by atoms with Gasteiger partial charge in [0.1, 0.15) is 11.4 Å². The minimum absolute atomic E-state index is 0. The van der Waals surface area contributed by atoms with Crippen molar-refractivity contribution in [2.24, 2.45) is 22.2 Å². The van der Waals surface area contributed by atoms with Crippen molar-refractivity contribution in [3.63, 3.8) is 0 Å². The van der Waals surface area contributed by atoms with Crippen molar-refractivity contribution in [2.75, 3.05) is 0 Å². The van der Waals surface area contributed by atoms with E-state index in [1.807, 2.05) is 0 Å². The minimum atomic E-state index is -0.587. The first-order valence-electron chi connectivity index (χ1n) is 4.88. The Hall–Kier alpha value is -2.19. The molecule has 0 aliphatic heterocycles. The van der Waals surface area contributed by atoms with Crippen molar-refractivity contribution in [3.05, 3.63) is 29.3 Å². The van der Waals surface area contributed by atoms with Crippen LogP contribution in [0.3, 0.4) is 0 Å². The number of primary amides is 1. The largest absolute Gasteiger partial charge is 0.370 e. The second-order valence-electron chi connectivity index (χ2n) is 3.32. The van der Waals surface area contributed by atoms with Gasteiger partial charge in [-0.15, -0.1) is 23.7 Å². The Morgan fingerprint density at radius 1 is 1.16 bits per heavy atom. The number of pyridine rings is 1. The van der Waals surface area contributed by atoms with Crippen LogP contribution < -0.4 is 17.2 Å². The Morgan fingerprint density at radius 3 is 2.53 bits per heavy atom. The van der Waals surface area contributed by atoms with Gasteiger partial charge >= 0.3 is 0 Å². The van der Waals surface area contributed by atoms with Gasteiger partial charge in [-0.3, -0.25) is 4.79 Å². The SMILES string of the molecule is Cl.NC(=O)c1cccc(-c2csc(N=C(N)N)n2)n1. The molecular formula is C10H11ClN6OS. The van der Waals surface area contributed by atoms with E-state index >= 15 is 0 Å². The van der Waals surface area contributed by atoms with Crippen molar-refractivity contribution in [2.45, 2.75) is 0 Å². The van der Waals surface area contributed by atoms with Crippen LogP contribution in [-0.2, 0) is 0 Å². The van der Waals surface area contributed by atoms with E-state index in [0.29, 0.717) is 16.5 Å². The van der Waals surface area contributed by atoms with Crippen LogP contribution in [0, 0.1) is 0 Å². The normalized spacial score (nSPS) is 9.47. The van der Waals surface area contributed by atoms with E-state index in [1.54, 1.807) is 17.5 Å². The van der Waals surface area contributed by atoms with E-state index < -0.39 is 5.91 Å². The number of rotatable bonds is 3. The summed E-state index contributed by atoms with van der Waals surface area (Å²) in [6, 6.07) is 4.94. The lowest BCUT2D eigenvalue weighted by Gasteiger charge is -1.98. The standard InChI is InChI=1S/C10H10N6OS.ClH/c11-8(17)6-3-1-2-5(14-6)7-4-18-10(15-7)16-9(12)13;/h1-4H,(H2,11,17)(H4,12,13,15,16);1H. The van der Waals surface area contributed by atoms with Gasteiger partial charge in [0.05, 0.1) is 5.69 Å². The molecule has 0 radical (unpaired) electrons. The first kappa shape index (κ1) is 14.9. The van der Waals surface area contributed by atoms with Crippen molar-refractivity contribution in [3.8, 4) is 11.4 Å². The molecule has 0 unspecified atom stereocenters. The Balaban J connectivity index is 0.00000180. The molecule has 0 aliphatic carbocycles. The Labute approximate surface area is 119 Å². The summed E-state index contributed by atoms with van der Waals surface area (Å²) in [6.45, 7) is 0. The number of carbonyl (C=O) groups excluding carboxylic acids is 1. The van der Waals surface area contributed by atoms with Gasteiger partial charge < -0.3 is 17.2 Å². The van der Waals surface area contributed by atoms with Crippen LogP contribution in [-0.4, -0.2) is 21.8 Å². The monoisotopic (exact) mass is 298 g/mol. The molecule has 0 spiro atoms. The Kier molecular flexibility index (Phi) is 4.79. The fraction of sp³-hybridized carbons (Fsp3) is 0. The van der Waals surface area contributed by atoms with E-state index in [4.69, 9.17) is 17.2 Å². The van der Waals surface area contributed by atoms with E-state index in [1.165, 1.54) is 17.4 Å². The summed E-state index contributed by atoms with van der Waals surface area (Å²) in [7, 11) is 0. The number of aliphatic imine (C=N–C) groups is 1. The average Bonchev–Trinajstić information content (AvgIpc) is 2.77. The Morgan fingerprint density at radius 2 is 1.89 bits per heavy atom. The van der Waals surface area contributed by atoms with Crippen LogP contribution in [0.5, 0.6) is 0 Å². The zero-order chi connectivity index (χ0) is 13.1. The van der Waals surface area contributed by atoms with Crippen molar-refractivity contribution < 1.29 is 4.79 Å². The quantitative estimate of drug-likeness (QED) is 0.564. The first-order valence-corrected chi connectivity index (χ1v) is 5.76. The van der Waals surface area contributed by atoms with Gasteiger partial charge in [0.15, 0.2) is 5.96 Å². The van der Waals surface area contributed by atoms with Crippen molar-refractivity contribution in [1.29, 1.82) is 0 Å². The highest BCUT2D eigenvalue weighted by Crippen LogP contribution is 2.25. The molecule has 9 heteroatoms. The smallest absolute Gasteiger partial charge is 0.267 e. The number of halogens is 1. The molecule has 0 saturated carbocycles. The van der Waals surface area contributed by atoms with Crippen LogP contribution >= 0.6 is 23.7 Å². The van der Waals surface area contributed by atoms with Gasteiger partial charge in [-0.25, -0.2) is 9.97 Å². The molecule has 2 aromatic heterocycles. The molecule has 0 saturated heterocycles. The Bertz CT molecular complexity index is 622. The van der Waals surface area contributed by atoms with Crippen molar-refractivity contribution >= 4 is 40.7 Å². The molecule has 100 valence electrons. The molecule has 0 atom stereocenters. The highest BCUT2D eigenvalue weighted by atomic mass is 35.5. The number of carbonyl (C=O) groups is 1. The zero-order valence-corrected chi connectivity index (χ0v) is 11.2. The maximum absolute atomic E-state index is 11.0. The van der Waals surface area contributed by atoms with Gasteiger partial charge in [0.25, 0.3) is 5.91 Å². The minimum Gasteiger partial charge on any atom is -0.370 e. The topological polar surface area (TPSA) is 133 Å². The molecule has 19 heavy (non-hydrogen) atoms. The highest BCUT2D eigenvalue weighted by Gasteiger charge is 2.08. The second kappa shape index (κ2) is 6.12. The number of amides is 1. The van der Waals surface area contributed by atoms with Crippen LogP contribution in [0.1, 0.15) is 10.5 Å². The molecule has 0 fully saturated rings. The summed E-state index contributed by atoms with van der Waals surface area (Å²) in [6.07, 6.45) is 0. The summed E-state index contributed by atoms with van der Waals surface area (Å²) in [5.41, 5.74) is 17.0. The summed E-state index contributed by atoms with van der Waals surface area (Å²) >= 11 is 1.27. The zero-order valence-electron chi connectivity index (χ0n) is 9.61. The molecule has 0 aliphatic rings. The summed E-state index contributed by atoms with van der Waals surface area (Å²) < 4.78 is 0. The molecule has 2 heterocycles. The number of nitrogens with two attached hydrogens (primary N) is 3. The molecule has 6 N–H and O–H groups in total. The number of thiazole rings is 1. The highest BCUT2D eigenvalue weighted by molar-refractivity contribution is 7.13. The predicted molar refractivity (Wildman–Crippen MR) is 76.6 cm³/mol. The van der Waals surface area contributed by atoms with E-state index in [9.17, 15) is 4.79 Å². The number of guanidine groups is 1. The van der Waals surface area contributed by atoms with Gasteiger partial charge in [-0.2, -0.15) is 4.99 Å². The number of hydrogen-bond donors (Lipinski definition) is 3. The van der Waals surface area contributed by atoms with E-state index in [0.717, 1.165) is 0 Å². The molecule has 7 nitrogen and oxygen atoms in total. The third kappa shape index (κ3) is 3.63. The molecule has 2 rings (SSSR count). The maximum atomic E-state index is 11.0. The molecule has 1 amide bonds. The maximum Gasteiger partial charge on any atom is 0.267 e. The third-order valence-corrected chi connectivity index (χ3v) is 2.72. The first-order chi connectivity index (χ1) is 8.56. The van der Waals surface area contributed by atoms with Gasteiger partial charge in [-0.1, -0.05) is 6.07 Å². The summed E-state index contributed by atoms with van der Waals surface area (Å²) in [5.74, 6) is -0.647. The number of nitrogens with zero attached hydrogens (tertiary/aromatic N) is 3. The van der Waals surface area contributed by atoms with E-state index in [-0.39, 0.29) is 24.1 Å². The average molecular weight is 299 g/mol. The lowest BCUT2D eigenvalue weighted by atomic mass is 10.2. The third-order valence-electron chi connectivity index (χ3n) is 1.98. The lowest BCUT2D eigenvalue weighted by Crippen LogP contribution is -2.21. The van der Waals surface area contributed by atoms with Crippen molar-refractivity contribution in [1.82, 2.24) is 9.97 Å². The number of hydrogen-bond acceptors (Lipinski definition) is 5. The van der Waals surface area contributed by atoms with Crippen LogP contribution in [0.4, 0.5) is 5.13 Å². The van der Waals surface area contributed by atoms with Crippen LogP contribution in [0.2, 0.25) is 0 Å². The molecular weight excluding hydrogens is 288 g/mol. The molecule has 0 bridgehead atoms.